The summed E-state index contributed by atoms with van der Waals surface area (Å²) in [5, 5.41) is 0. The predicted octanol–water partition coefficient (Wildman–Crippen LogP) is 2.68. The number of imidazole rings is 1. The normalized spacial score (nSPS) is 11.5. The first-order valence-corrected chi connectivity index (χ1v) is 8.09. The van der Waals surface area contributed by atoms with Crippen LogP contribution >= 0.6 is 0 Å². The van der Waals surface area contributed by atoms with Gasteiger partial charge in [-0.3, -0.25) is 4.72 Å². The lowest BCUT2D eigenvalue weighted by atomic mass is 10.3. The number of fused-ring (bicyclic) bond motifs is 1. The lowest BCUT2D eigenvalue weighted by Gasteiger charge is -2.08. The number of nitrogens with zero attached hydrogens (tertiary/aromatic N) is 1. The Balaban J connectivity index is 1.92. The second kappa shape index (κ2) is 5.34. The van der Waals surface area contributed by atoms with E-state index < -0.39 is 10.0 Å². The second-order valence-corrected chi connectivity index (χ2v) is 6.52. The van der Waals surface area contributed by atoms with Gasteiger partial charge < -0.3 is 9.72 Å². The van der Waals surface area contributed by atoms with Crippen LogP contribution < -0.4 is 9.46 Å². The summed E-state index contributed by atoms with van der Waals surface area (Å²) in [6.45, 7) is 1.82. The zero-order chi connectivity index (χ0) is 15.7. The van der Waals surface area contributed by atoms with E-state index in [1.807, 2.05) is 6.92 Å². The quantitative estimate of drug-likeness (QED) is 0.775. The van der Waals surface area contributed by atoms with Gasteiger partial charge in [-0.05, 0) is 49.4 Å². The number of aryl methyl sites for hydroxylation is 1. The lowest BCUT2D eigenvalue weighted by Crippen LogP contribution is -2.12. The van der Waals surface area contributed by atoms with Crippen molar-refractivity contribution in [3.63, 3.8) is 0 Å². The van der Waals surface area contributed by atoms with Gasteiger partial charge in [0, 0.05) is 5.69 Å². The second-order valence-electron chi connectivity index (χ2n) is 4.84. The van der Waals surface area contributed by atoms with Gasteiger partial charge >= 0.3 is 0 Å². The van der Waals surface area contributed by atoms with Crippen molar-refractivity contribution in [3.8, 4) is 5.75 Å². The van der Waals surface area contributed by atoms with Crippen LogP contribution in [0, 0.1) is 6.92 Å². The molecule has 1 aromatic heterocycles. The number of hydrogen-bond donors (Lipinski definition) is 2. The Morgan fingerprint density at radius 2 is 1.86 bits per heavy atom. The van der Waals surface area contributed by atoms with E-state index >= 15 is 0 Å². The SMILES string of the molecule is COc1ccc(NS(=O)(=O)c2ccc3nc(C)[nH]c3c2)cc1. The minimum absolute atomic E-state index is 0.180. The van der Waals surface area contributed by atoms with Gasteiger partial charge in [0.1, 0.15) is 11.6 Å². The molecule has 7 heteroatoms. The van der Waals surface area contributed by atoms with Crippen molar-refractivity contribution in [2.75, 3.05) is 11.8 Å². The van der Waals surface area contributed by atoms with Gasteiger partial charge in [-0.25, -0.2) is 13.4 Å². The highest BCUT2D eigenvalue weighted by Crippen LogP contribution is 2.21. The van der Waals surface area contributed by atoms with Crippen LogP contribution in [0.5, 0.6) is 5.75 Å². The first-order chi connectivity index (χ1) is 10.5. The Morgan fingerprint density at radius 3 is 2.55 bits per heavy atom. The van der Waals surface area contributed by atoms with Gasteiger partial charge in [-0.1, -0.05) is 0 Å². The zero-order valence-electron chi connectivity index (χ0n) is 12.1. The van der Waals surface area contributed by atoms with Crippen molar-refractivity contribution in [1.82, 2.24) is 9.97 Å². The molecule has 0 aliphatic rings. The van der Waals surface area contributed by atoms with Crippen LogP contribution in [0.25, 0.3) is 11.0 Å². The first-order valence-electron chi connectivity index (χ1n) is 6.61. The molecular weight excluding hydrogens is 302 g/mol. The first kappa shape index (κ1) is 14.4. The van der Waals surface area contributed by atoms with E-state index in [0.717, 1.165) is 11.3 Å². The van der Waals surface area contributed by atoms with Gasteiger partial charge in [0.05, 0.1) is 23.0 Å². The van der Waals surface area contributed by atoms with Crippen molar-refractivity contribution in [3.05, 3.63) is 48.3 Å². The number of anilines is 1. The van der Waals surface area contributed by atoms with Gasteiger partial charge in [0.2, 0.25) is 0 Å². The van der Waals surface area contributed by atoms with Gasteiger partial charge in [0.15, 0.2) is 0 Å². The molecule has 114 valence electrons. The number of aromatic amines is 1. The van der Waals surface area contributed by atoms with Crippen molar-refractivity contribution < 1.29 is 13.2 Å². The Hall–Kier alpha value is -2.54. The average molecular weight is 317 g/mol. The third-order valence-electron chi connectivity index (χ3n) is 3.22. The number of aromatic nitrogens is 2. The molecule has 0 saturated heterocycles. The van der Waals surface area contributed by atoms with Crippen LogP contribution in [-0.2, 0) is 10.0 Å². The molecule has 0 fully saturated rings. The minimum atomic E-state index is -3.65. The number of H-pyrrole nitrogens is 1. The summed E-state index contributed by atoms with van der Waals surface area (Å²) in [5.74, 6) is 1.41. The summed E-state index contributed by atoms with van der Waals surface area (Å²) in [6.07, 6.45) is 0. The highest BCUT2D eigenvalue weighted by atomic mass is 32.2. The van der Waals surface area contributed by atoms with Crippen molar-refractivity contribution in [1.29, 1.82) is 0 Å². The maximum Gasteiger partial charge on any atom is 0.261 e. The smallest absolute Gasteiger partial charge is 0.261 e. The van der Waals surface area contributed by atoms with Gasteiger partial charge in [-0.15, -0.1) is 0 Å². The van der Waals surface area contributed by atoms with Crippen LogP contribution in [0.15, 0.2) is 47.4 Å². The molecule has 3 rings (SSSR count). The highest BCUT2D eigenvalue weighted by molar-refractivity contribution is 7.92. The van der Waals surface area contributed by atoms with Crippen LogP contribution in [0.1, 0.15) is 5.82 Å². The molecule has 1 heterocycles. The Bertz CT molecular complexity index is 915. The van der Waals surface area contributed by atoms with E-state index in [1.165, 1.54) is 6.07 Å². The Labute approximate surface area is 128 Å². The number of methoxy groups -OCH3 is 1. The molecule has 0 spiro atoms. The van der Waals surface area contributed by atoms with Gasteiger partial charge in [0.25, 0.3) is 10.0 Å². The van der Waals surface area contributed by atoms with Crippen molar-refractivity contribution in [2.24, 2.45) is 0 Å². The molecule has 3 aromatic rings. The number of rotatable bonds is 4. The minimum Gasteiger partial charge on any atom is -0.497 e. The van der Waals surface area contributed by atoms with E-state index in [0.29, 0.717) is 17.0 Å². The standard InChI is InChI=1S/C15H15N3O3S/c1-10-16-14-8-7-13(9-15(14)17-10)22(19,20)18-11-3-5-12(21-2)6-4-11/h3-9,18H,1-2H3,(H,16,17). The topological polar surface area (TPSA) is 84.1 Å². The fourth-order valence-corrected chi connectivity index (χ4v) is 3.24. The third kappa shape index (κ3) is 2.75. The molecule has 0 aliphatic heterocycles. The number of benzene rings is 2. The fraction of sp³-hybridized carbons (Fsp3) is 0.133. The number of nitrogens with one attached hydrogen (secondary N) is 2. The van der Waals surface area contributed by atoms with E-state index in [9.17, 15) is 8.42 Å². The van der Waals surface area contributed by atoms with E-state index in [1.54, 1.807) is 43.5 Å². The maximum absolute atomic E-state index is 12.4. The number of sulfonamides is 1. The van der Waals surface area contributed by atoms with E-state index in [-0.39, 0.29) is 4.90 Å². The summed E-state index contributed by atoms with van der Waals surface area (Å²) in [4.78, 5) is 7.46. The van der Waals surface area contributed by atoms with E-state index in [4.69, 9.17) is 4.74 Å². The summed E-state index contributed by atoms with van der Waals surface area (Å²) in [5.41, 5.74) is 1.90. The molecule has 0 saturated carbocycles. The van der Waals surface area contributed by atoms with E-state index in [2.05, 4.69) is 14.7 Å². The molecule has 22 heavy (non-hydrogen) atoms. The lowest BCUT2D eigenvalue weighted by molar-refractivity contribution is 0.415. The molecule has 0 amide bonds. The molecule has 0 atom stereocenters. The van der Waals surface area contributed by atoms with Crippen molar-refractivity contribution >= 4 is 26.7 Å². The molecule has 0 unspecified atom stereocenters. The predicted molar refractivity (Wildman–Crippen MR) is 84.6 cm³/mol. The Morgan fingerprint density at radius 1 is 1.14 bits per heavy atom. The highest BCUT2D eigenvalue weighted by Gasteiger charge is 2.15. The summed E-state index contributed by atoms with van der Waals surface area (Å²) in [6, 6.07) is 11.5. The zero-order valence-corrected chi connectivity index (χ0v) is 12.9. The van der Waals surface area contributed by atoms with Crippen LogP contribution in [0.4, 0.5) is 5.69 Å². The molecule has 0 radical (unpaired) electrons. The molecule has 6 nitrogen and oxygen atoms in total. The Kier molecular flexibility index (Phi) is 3.50. The summed E-state index contributed by atoms with van der Waals surface area (Å²) in [7, 11) is -2.10. The monoisotopic (exact) mass is 317 g/mol. The number of hydrogen-bond acceptors (Lipinski definition) is 4. The molecule has 2 N–H and O–H groups in total. The molecular formula is C15H15N3O3S. The number of ether oxygens (including phenoxy) is 1. The van der Waals surface area contributed by atoms with Crippen LogP contribution in [0.2, 0.25) is 0 Å². The maximum atomic E-state index is 12.4. The molecule has 2 aromatic carbocycles. The van der Waals surface area contributed by atoms with Crippen LogP contribution in [0.3, 0.4) is 0 Å². The fourth-order valence-electron chi connectivity index (χ4n) is 2.16. The van der Waals surface area contributed by atoms with Crippen molar-refractivity contribution in [2.45, 2.75) is 11.8 Å². The summed E-state index contributed by atoms with van der Waals surface area (Å²) < 4.78 is 32.4. The molecule has 0 bridgehead atoms. The average Bonchev–Trinajstić information content (AvgIpc) is 2.86. The largest absolute Gasteiger partial charge is 0.497 e. The third-order valence-corrected chi connectivity index (χ3v) is 4.60. The van der Waals surface area contributed by atoms with Gasteiger partial charge in [-0.2, -0.15) is 0 Å². The molecule has 0 aliphatic carbocycles. The summed E-state index contributed by atoms with van der Waals surface area (Å²) >= 11 is 0. The van der Waals surface area contributed by atoms with Crippen LogP contribution in [-0.4, -0.2) is 25.5 Å².